The summed E-state index contributed by atoms with van der Waals surface area (Å²) in [6.45, 7) is 1.95. The van der Waals surface area contributed by atoms with Crippen molar-refractivity contribution in [2.75, 3.05) is 0 Å². The quantitative estimate of drug-likeness (QED) is 0.786. The molecule has 3 heteroatoms. The summed E-state index contributed by atoms with van der Waals surface area (Å²) in [4.78, 5) is 12.3. The van der Waals surface area contributed by atoms with E-state index in [0.29, 0.717) is 11.8 Å². The molecule has 0 spiro atoms. The Morgan fingerprint density at radius 2 is 1.60 bits per heavy atom. The van der Waals surface area contributed by atoms with Crippen LogP contribution in [0.1, 0.15) is 64.7 Å². The molecule has 2 fully saturated rings. The topological polar surface area (TPSA) is 52.3 Å². The molecule has 3 atom stereocenters. The number of cyclic esters (lactones) is 1. The summed E-state index contributed by atoms with van der Waals surface area (Å²) >= 11 is 0. The van der Waals surface area contributed by atoms with Crippen molar-refractivity contribution >= 4 is 5.97 Å². The van der Waals surface area contributed by atoms with Crippen LogP contribution in [0, 0.1) is 17.8 Å². The van der Waals surface area contributed by atoms with Gasteiger partial charge in [-0.15, -0.1) is 0 Å². The molecule has 1 aliphatic heterocycles. The minimum absolute atomic E-state index is 0.0124. The zero-order valence-corrected chi connectivity index (χ0v) is 12.6. The average molecular weight is 277 g/mol. The molecule has 112 valence electrons. The second kappa shape index (κ2) is 5.88. The SMILES string of the molecule is CC(N)C1=C(C2CCCCC2)C2CCCCC2C(=O)O1. The Morgan fingerprint density at radius 3 is 2.25 bits per heavy atom. The number of carbonyl (C=O) groups excluding carboxylic acids is 1. The number of hydrogen-bond acceptors (Lipinski definition) is 3. The molecule has 2 N–H and O–H groups in total. The second-order valence-corrected chi connectivity index (χ2v) is 6.86. The molecule has 0 radical (unpaired) electrons. The molecule has 20 heavy (non-hydrogen) atoms. The highest BCUT2D eigenvalue weighted by molar-refractivity contribution is 5.76. The van der Waals surface area contributed by atoms with Gasteiger partial charge in [0.1, 0.15) is 5.76 Å². The van der Waals surface area contributed by atoms with Crippen LogP contribution >= 0.6 is 0 Å². The lowest BCUT2D eigenvalue weighted by atomic mass is 9.67. The molecule has 0 aromatic carbocycles. The van der Waals surface area contributed by atoms with Gasteiger partial charge in [0, 0.05) is 0 Å². The summed E-state index contributed by atoms with van der Waals surface area (Å²) in [6.07, 6.45) is 11.1. The third-order valence-corrected chi connectivity index (χ3v) is 5.42. The maximum Gasteiger partial charge on any atom is 0.314 e. The standard InChI is InChI=1S/C17H27NO2/c1-11(18)16-15(12-7-3-2-4-8-12)13-9-5-6-10-14(13)17(19)20-16/h11-14H,2-10,18H2,1H3. The Morgan fingerprint density at radius 1 is 1.00 bits per heavy atom. The van der Waals surface area contributed by atoms with E-state index in [1.807, 2.05) is 6.92 Å². The van der Waals surface area contributed by atoms with Gasteiger partial charge in [0.15, 0.2) is 0 Å². The molecule has 3 nitrogen and oxygen atoms in total. The number of fused-ring (bicyclic) bond motifs is 1. The van der Waals surface area contributed by atoms with Crippen molar-refractivity contribution in [1.29, 1.82) is 0 Å². The van der Waals surface area contributed by atoms with Gasteiger partial charge in [0.05, 0.1) is 12.0 Å². The van der Waals surface area contributed by atoms with Gasteiger partial charge in [0.2, 0.25) is 0 Å². The van der Waals surface area contributed by atoms with Gasteiger partial charge < -0.3 is 10.5 Å². The van der Waals surface area contributed by atoms with Crippen molar-refractivity contribution in [3.05, 3.63) is 11.3 Å². The molecule has 3 rings (SSSR count). The van der Waals surface area contributed by atoms with Crippen LogP contribution in [0.15, 0.2) is 11.3 Å². The fourth-order valence-corrected chi connectivity index (χ4v) is 4.48. The lowest BCUT2D eigenvalue weighted by molar-refractivity contribution is -0.150. The Kier molecular flexibility index (Phi) is 4.16. The first-order valence-electron chi connectivity index (χ1n) is 8.39. The van der Waals surface area contributed by atoms with Crippen LogP contribution in [0.2, 0.25) is 0 Å². The Labute approximate surface area is 121 Å². The summed E-state index contributed by atoms with van der Waals surface area (Å²) in [5.74, 6) is 1.97. The van der Waals surface area contributed by atoms with E-state index in [4.69, 9.17) is 10.5 Å². The predicted molar refractivity (Wildman–Crippen MR) is 78.8 cm³/mol. The Bertz CT molecular complexity index is 407. The van der Waals surface area contributed by atoms with E-state index in [-0.39, 0.29) is 17.9 Å². The van der Waals surface area contributed by atoms with E-state index in [1.54, 1.807) is 0 Å². The monoisotopic (exact) mass is 277 g/mol. The highest BCUT2D eigenvalue weighted by atomic mass is 16.5. The van der Waals surface area contributed by atoms with Crippen molar-refractivity contribution in [2.24, 2.45) is 23.5 Å². The first-order valence-corrected chi connectivity index (χ1v) is 8.39. The van der Waals surface area contributed by atoms with E-state index >= 15 is 0 Å². The second-order valence-electron chi connectivity index (χ2n) is 6.86. The predicted octanol–water partition coefficient (Wildman–Crippen LogP) is 3.53. The van der Waals surface area contributed by atoms with Crippen LogP contribution in [0.4, 0.5) is 0 Å². The van der Waals surface area contributed by atoms with Crippen LogP contribution in [0.25, 0.3) is 0 Å². The van der Waals surface area contributed by atoms with Gasteiger partial charge in [-0.05, 0) is 50.0 Å². The number of ether oxygens (including phenoxy) is 1. The molecule has 3 aliphatic rings. The number of carbonyl (C=O) groups is 1. The molecule has 2 aliphatic carbocycles. The summed E-state index contributed by atoms with van der Waals surface area (Å²) in [5, 5.41) is 0. The van der Waals surface area contributed by atoms with Gasteiger partial charge in [-0.25, -0.2) is 0 Å². The first kappa shape index (κ1) is 14.1. The smallest absolute Gasteiger partial charge is 0.314 e. The van der Waals surface area contributed by atoms with E-state index in [9.17, 15) is 4.79 Å². The molecule has 0 aromatic rings. The van der Waals surface area contributed by atoms with E-state index < -0.39 is 0 Å². The minimum atomic E-state index is -0.154. The zero-order chi connectivity index (χ0) is 14.1. The normalized spacial score (nSPS) is 33.6. The molecule has 0 saturated heterocycles. The maximum atomic E-state index is 12.3. The van der Waals surface area contributed by atoms with Crippen molar-refractivity contribution in [1.82, 2.24) is 0 Å². The number of allylic oxidation sites excluding steroid dienone is 1. The first-order chi connectivity index (χ1) is 9.68. The molecule has 3 unspecified atom stereocenters. The van der Waals surface area contributed by atoms with Crippen LogP contribution in [-0.4, -0.2) is 12.0 Å². The fourth-order valence-electron chi connectivity index (χ4n) is 4.48. The highest BCUT2D eigenvalue weighted by Crippen LogP contribution is 2.47. The van der Waals surface area contributed by atoms with Crippen LogP contribution < -0.4 is 5.73 Å². The summed E-state index contributed by atoms with van der Waals surface area (Å²) in [6, 6.07) is -0.154. The highest BCUT2D eigenvalue weighted by Gasteiger charge is 2.43. The third-order valence-electron chi connectivity index (χ3n) is 5.42. The maximum absolute atomic E-state index is 12.3. The van der Waals surface area contributed by atoms with E-state index in [1.165, 1.54) is 50.5 Å². The lowest BCUT2D eigenvalue weighted by Crippen LogP contribution is -2.41. The van der Waals surface area contributed by atoms with Gasteiger partial charge in [0.25, 0.3) is 0 Å². The van der Waals surface area contributed by atoms with Gasteiger partial charge >= 0.3 is 5.97 Å². The molecule has 1 heterocycles. The number of rotatable bonds is 2. The molecular formula is C17H27NO2. The molecular weight excluding hydrogens is 250 g/mol. The largest absolute Gasteiger partial charge is 0.429 e. The van der Waals surface area contributed by atoms with Crippen LogP contribution in [0.5, 0.6) is 0 Å². The lowest BCUT2D eigenvalue weighted by Gasteiger charge is -2.41. The molecule has 2 saturated carbocycles. The van der Waals surface area contributed by atoms with Crippen LogP contribution in [0.3, 0.4) is 0 Å². The minimum Gasteiger partial charge on any atom is -0.429 e. The number of nitrogens with two attached hydrogens (primary N) is 1. The fraction of sp³-hybridized carbons (Fsp3) is 0.824. The summed E-state index contributed by atoms with van der Waals surface area (Å²) in [7, 11) is 0. The Balaban J connectivity index is 1.96. The van der Waals surface area contributed by atoms with Crippen LogP contribution in [-0.2, 0) is 9.53 Å². The van der Waals surface area contributed by atoms with Crippen molar-refractivity contribution in [3.63, 3.8) is 0 Å². The van der Waals surface area contributed by atoms with Crippen molar-refractivity contribution < 1.29 is 9.53 Å². The van der Waals surface area contributed by atoms with Gasteiger partial charge in [-0.2, -0.15) is 0 Å². The van der Waals surface area contributed by atoms with Gasteiger partial charge in [-0.3, -0.25) is 4.79 Å². The zero-order valence-electron chi connectivity index (χ0n) is 12.6. The summed E-state index contributed by atoms with van der Waals surface area (Å²) < 4.78 is 5.70. The molecule has 0 amide bonds. The van der Waals surface area contributed by atoms with E-state index in [2.05, 4.69) is 0 Å². The van der Waals surface area contributed by atoms with Gasteiger partial charge in [-0.1, -0.05) is 32.1 Å². The number of esters is 1. The summed E-state index contributed by atoms with van der Waals surface area (Å²) in [5.41, 5.74) is 7.55. The van der Waals surface area contributed by atoms with Crippen molar-refractivity contribution in [2.45, 2.75) is 70.8 Å². The number of hydrogen-bond donors (Lipinski definition) is 1. The third kappa shape index (κ3) is 2.52. The van der Waals surface area contributed by atoms with E-state index in [0.717, 1.165) is 18.6 Å². The average Bonchev–Trinajstić information content (AvgIpc) is 2.48. The molecule has 0 bridgehead atoms. The van der Waals surface area contributed by atoms with Crippen molar-refractivity contribution in [3.8, 4) is 0 Å². The molecule has 0 aromatic heterocycles. The Hall–Kier alpha value is -0.830.